The largest absolute Gasteiger partial charge is 0.379 e. The molecule has 0 spiro atoms. The van der Waals surface area contributed by atoms with Crippen LogP contribution in [-0.2, 0) is 4.74 Å². The van der Waals surface area contributed by atoms with Crippen molar-refractivity contribution >= 4 is 17.4 Å². The molecule has 1 saturated heterocycles. The van der Waals surface area contributed by atoms with E-state index in [0.29, 0.717) is 6.61 Å². The molecule has 88 valence electrons. The number of ether oxygens (including phenoxy) is 1. The first kappa shape index (κ1) is 11.4. The van der Waals surface area contributed by atoms with Crippen molar-refractivity contribution in [3.05, 3.63) is 22.4 Å². The van der Waals surface area contributed by atoms with Crippen LogP contribution in [0.5, 0.6) is 0 Å². The summed E-state index contributed by atoms with van der Waals surface area (Å²) in [5, 5.41) is 9.87. The van der Waals surface area contributed by atoms with Crippen molar-refractivity contribution in [1.82, 2.24) is 10.6 Å². The van der Waals surface area contributed by atoms with E-state index in [4.69, 9.17) is 4.74 Å². The standard InChI is InChI=1S/C11H16N2O2S/c1-8(9-3-5-16-7-9)12-11(14)13-10-2-4-15-6-10/h3,5,7-8,10H,2,4,6H2,1H3,(H2,12,13,14). The molecule has 2 amide bonds. The van der Waals surface area contributed by atoms with E-state index < -0.39 is 0 Å². The number of amides is 2. The van der Waals surface area contributed by atoms with Gasteiger partial charge in [0.05, 0.1) is 18.7 Å². The van der Waals surface area contributed by atoms with Crippen LogP contribution in [-0.4, -0.2) is 25.3 Å². The number of hydrogen-bond donors (Lipinski definition) is 2. The molecule has 2 atom stereocenters. The Morgan fingerprint density at radius 2 is 2.56 bits per heavy atom. The average Bonchev–Trinajstić information content (AvgIpc) is 2.88. The molecular weight excluding hydrogens is 224 g/mol. The fourth-order valence-electron chi connectivity index (χ4n) is 1.68. The number of nitrogens with one attached hydrogen (secondary N) is 2. The van der Waals surface area contributed by atoms with Crippen molar-refractivity contribution in [2.24, 2.45) is 0 Å². The van der Waals surface area contributed by atoms with Crippen LogP contribution in [0.2, 0.25) is 0 Å². The molecular formula is C11H16N2O2S. The molecule has 0 bridgehead atoms. The minimum absolute atomic E-state index is 0.0496. The van der Waals surface area contributed by atoms with Crippen molar-refractivity contribution in [1.29, 1.82) is 0 Å². The Morgan fingerprint density at radius 3 is 3.19 bits per heavy atom. The topological polar surface area (TPSA) is 50.4 Å². The van der Waals surface area contributed by atoms with Gasteiger partial charge in [0.25, 0.3) is 0 Å². The minimum atomic E-state index is -0.116. The molecule has 2 unspecified atom stereocenters. The van der Waals surface area contributed by atoms with Gasteiger partial charge in [0, 0.05) is 6.61 Å². The maximum Gasteiger partial charge on any atom is 0.315 e. The zero-order chi connectivity index (χ0) is 11.4. The van der Waals surface area contributed by atoms with Crippen LogP contribution in [0.1, 0.15) is 24.9 Å². The summed E-state index contributed by atoms with van der Waals surface area (Å²) in [5.41, 5.74) is 1.14. The van der Waals surface area contributed by atoms with Crippen molar-refractivity contribution in [2.75, 3.05) is 13.2 Å². The molecule has 0 aliphatic carbocycles. The summed E-state index contributed by atoms with van der Waals surface area (Å²) >= 11 is 1.64. The monoisotopic (exact) mass is 240 g/mol. The van der Waals surface area contributed by atoms with Gasteiger partial charge in [0.2, 0.25) is 0 Å². The Hall–Kier alpha value is -1.07. The summed E-state index contributed by atoms with van der Waals surface area (Å²) in [6, 6.07) is 2.12. The number of carbonyl (C=O) groups is 1. The Balaban J connectivity index is 1.78. The Kier molecular flexibility index (Phi) is 3.79. The molecule has 0 radical (unpaired) electrons. The molecule has 0 saturated carbocycles. The Bertz CT molecular complexity index is 334. The predicted molar refractivity (Wildman–Crippen MR) is 63.6 cm³/mol. The van der Waals surface area contributed by atoms with E-state index in [0.717, 1.165) is 18.6 Å². The molecule has 16 heavy (non-hydrogen) atoms. The van der Waals surface area contributed by atoms with Gasteiger partial charge in [-0.05, 0) is 35.7 Å². The summed E-state index contributed by atoms with van der Waals surface area (Å²) in [6.07, 6.45) is 0.903. The van der Waals surface area contributed by atoms with Crippen LogP contribution in [0.25, 0.3) is 0 Å². The third-order valence-corrected chi connectivity index (χ3v) is 3.36. The maximum atomic E-state index is 11.6. The summed E-state index contributed by atoms with van der Waals surface area (Å²) in [7, 11) is 0. The van der Waals surface area contributed by atoms with E-state index >= 15 is 0 Å². The highest BCUT2D eigenvalue weighted by molar-refractivity contribution is 7.07. The molecule has 1 aromatic rings. The third kappa shape index (κ3) is 2.96. The quantitative estimate of drug-likeness (QED) is 0.847. The SMILES string of the molecule is CC(NC(=O)NC1CCOC1)c1ccsc1. The molecule has 1 aliphatic rings. The smallest absolute Gasteiger partial charge is 0.315 e. The summed E-state index contributed by atoms with van der Waals surface area (Å²) in [6.45, 7) is 3.35. The lowest BCUT2D eigenvalue weighted by Gasteiger charge is -2.16. The van der Waals surface area contributed by atoms with Crippen LogP contribution < -0.4 is 10.6 Å². The first-order valence-corrected chi connectivity index (χ1v) is 6.37. The summed E-state index contributed by atoms with van der Waals surface area (Å²) in [4.78, 5) is 11.6. The first-order valence-electron chi connectivity index (χ1n) is 5.42. The highest BCUT2D eigenvalue weighted by atomic mass is 32.1. The second-order valence-electron chi connectivity index (χ2n) is 3.96. The molecule has 1 aliphatic heterocycles. The van der Waals surface area contributed by atoms with Gasteiger partial charge in [0.1, 0.15) is 0 Å². The predicted octanol–water partition coefficient (Wildman–Crippen LogP) is 1.90. The molecule has 2 N–H and O–H groups in total. The molecule has 2 heterocycles. The number of hydrogen-bond acceptors (Lipinski definition) is 3. The summed E-state index contributed by atoms with van der Waals surface area (Å²) < 4.78 is 5.19. The van der Waals surface area contributed by atoms with Gasteiger partial charge in [0.15, 0.2) is 0 Å². The van der Waals surface area contributed by atoms with Gasteiger partial charge in [-0.25, -0.2) is 4.79 Å². The molecule has 0 aromatic carbocycles. The van der Waals surface area contributed by atoms with E-state index in [9.17, 15) is 4.79 Å². The van der Waals surface area contributed by atoms with Crippen LogP contribution in [0, 0.1) is 0 Å². The minimum Gasteiger partial charge on any atom is -0.379 e. The number of urea groups is 1. The van der Waals surface area contributed by atoms with Gasteiger partial charge >= 0.3 is 6.03 Å². The second-order valence-corrected chi connectivity index (χ2v) is 4.74. The first-order chi connectivity index (χ1) is 7.75. The fourth-order valence-corrected chi connectivity index (χ4v) is 2.43. The van der Waals surface area contributed by atoms with E-state index in [1.807, 2.05) is 23.8 Å². The van der Waals surface area contributed by atoms with Gasteiger partial charge in [-0.1, -0.05) is 0 Å². The summed E-state index contributed by atoms with van der Waals surface area (Å²) in [5.74, 6) is 0. The van der Waals surface area contributed by atoms with Gasteiger partial charge < -0.3 is 15.4 Å². The van der Waals surface area contributed by atoms with E-state index in [-0.39, 0.29) is 18.1 Å². The number of carbonyl (C=O) groups excluding carboxylic acids is 1. The van der Waals surface area contributed by atoms with Gasteiger partial charge in [-0.15, -0.1) is 0 Å². The highest BCUT2D eigenvalue weighted by Gasteiger charge is 2.18. The Labute approximate surface area is 99.0 Å². The third-order valence-electron chi connectivity index (χ3n) is 2.66. The molecule has 2 rings (SSSR count). The molecule has 1 aromatic heterocycles. The second kappa shape index (κ2) is 5.32. The van der Waals surface area contributed by atoms with Gasteiger partial charge in [-0.2, -0.15) is 11.3 Å². The highest BCUT2D eigenvalue weighted by Crippen LogP contribution is 2.15. The van der Waals surface area contributed by atoms with Crippen molar-refractivity contribution in [3.63, 3.8) is 0 Å². The average molecular weight is 240 g/mol. The van der Waals surface area contributed by atoms with E-state index in [1.54, 1.807) is 11.3 Å². The van der Waals surface area contributed by atoms with Crippen LogP contribution in [0.3, 0.4) is 0 Å². The zero-order valence-corrected chi connectivity index (χ0v) is 10.0. The zero-order valence-electron chi connectivity index (χ0n) is 9.23. The molecule has 5 heteroatoms. The van der Waals surface area contributed by atoms with Crippen molar-refractivity contribution in [3.8, 4) is 0 Å². The molecule has 4 nitrogen and oxygen atoms in total. The van der Waals surface area contributed by atoms with E-state index in [2.05, 4.69) is 10.6 Å². The van der Waals surface area contributed by atoms with Gasteiger partial charge in [-0.3, -0.25) is 0 Å². The van der Waals surface area contributed by atoms with E-state index in [1.165, 1.54) is 0 Å². The lowest BCUT2D eigenvalue weighted by molar-refractivity contribution is 0.188. The molecule has 1 fully saturated rings. The number of thiophene rings is 1. The van der Waals surface area contributed by atoms with Crippen molar-refractivity contribution < 1.29 is 9.53 Å². The van der Waals surface area contributed by atoms with Crippen LogP contribution >= 0.6 is 11.3 Å². The lowest BCUT2D eigenvalue weighted by atomic mass is 10.2. The van der Waals surface area contributed by atoms with Crippen molar-refractivity contribution in [2.45, 2.75) is 25.4 Å². The van der Waals surface area contributed by atoms with Crippen LogP contribution in [0.15, 0.2) is 16.8 Å². The van der Waals surface area contributed by atoms with Crippen LogP contribution in [0.4, 0.5) is 4.79 Å². The Morgan fingerprint density at radius 1 is 1.69 bits per heavy atom. The normalized spacial score (nSPS) is 21.7. The number of rotatable bonds is 3. The lowest BCUT2D eigenvalue weighted by Crippen LogP contribution is -2.43. The fraction of sp³-hybridized carbons (Fsp3) is 0.545. The maximum absolute atomic E-state index is 11.6.